The second-order valence-corrected chi connectivity index (χ2v) is 5.87. The zero-order chi connectivity index (χ0) is 19.8. The van der Waals surface area contributed by atoms with Crippen molar-refractivity contribution in [2.45, 2.75) is 12.8 Å². The largest absolute Gasteiger partial charge is 0.497 e. The number of methoxy groups -OCH3 is 3. The molecule has 0 aliphatic rings. The Hall–Kier alpha value is -3.22. The van der Waals surface area contributed by atoms with Crippen molar-refractivity contribution in [2.24, 2.45) is 5.92 Å². The topological polar surface area (TPSA) is 94.1 Å². The van der Waals surface area contributed by atoms with Crippen LogP contribution in [0.25, 0.3) is 0 Å². The minimum absolute atomic E-state index is 0.183. The summed E-state index contributed by atoms with van der Waals surface area (Å²) in [4.78, 5) is 24.1. The van der Waals surface area contributed by atoms with Crippen LogP contribution in [0.1, 0.15) is 12.0 Å². The number of carboxylic acids is 1. The zero-order valence-corrected chi connectivity index (χ0v) is 15.5. The molecular formula is C20H23NO6. The maximum atomic E-state index is 12.4. The first-order valence-corrected chi connectivity index (χ1v) is 8.35. The van der Waals surface area contributed by atoms with Gasteiger partial charge in [-0.25, -0.2) is 0 Å². The van der Waals surface area contributed by atoms with E-state index in [1.54, 1.807) is 42.5 Å². The molecular weight excluding hydrogens is 350 g/mol. The number of amides is 1. The smallest absolute Gasteiger partial charge is 0.307 e. The Balaban J connectivity index is 2.13. The number of hydrogen-bond acceptors (Lipinski definition) is 5. The summed E-state index contributed by atoms with van der Waals surface area (Å²) in [7, 11) is 4.52. The molecule has 0 bridgehead atoms. The van der Waals surface area contributed by atoms with Crippen molar-refractivity contribution >= 4 is 17.6 Å². The first-order chi connectivity index (χ1) is 13.0. The highest BCUT2D eigenvalue weighted by Crippen LogP contribution is 2.29. The van der Waals surface area contributed by atoms with E-state index in [1.807, 2.05) is 0 Å². The summed E-state index contributed by atoms with van der Waals surface area (Å²) in [6.45, 7) is 0. The highest BCUT2D eigenvalue weighted by Gasteiger charge is 2.23. The minimum Gasteiger partial charge on any atom is -0.497 e. The molecule has 7 heteroatoms. The molecule has 0 heterocycles. The Morgan fingerprint density at radius 2 is 1.70 bits per heavy atom. The van der Waals surface area contributed by atoms with Crippen molar-refractivity contribution in [1.82, 2.24) is 0 Å². The van der Waals surface area contributed by atoms with Gasteiger partial charge in [0.05, 0.1) is 32.9 Å². The van der Waals surface area contributed by atoms with Crippen LogP contribution in [0, 0.1) is 5.92 Å². The average Bonchev–Trinajstić information content (AvgIpc) is 2.67. The molecule has 0 radical (unpaired) electrons. The number of nitrogens with one attached hydrogen (secondary N) is 1. The van der Waals surface area contributed by atoms with Gasteiger partial charge in [-0.1, -0.05) is 18.2 Å². The van der Waals surface area contributed by atoms with Gasteiger partial charge in [0.25, 0.3) is 0 Å². The number of anilines is 1. The summed E-state index contributed by atoms with van der Waals surface area (Å²) in [6.07, 6.45) is -0.00421. The van der Waals surface area contributed by atoms with E-state index < -0.39 is 17.8 Å². The summed E-state index contributed by atoms with van der Waals surface area (Å²) in [5.41, 5.74) is 1.16. The Morgan fingerprint density at radius 3 is 2.33 bits per heavy atom. The Bertz CT molecular complexity index is 805. The normalized spacial score (nSPS) is 11.4. The molecule has 27 heavy (non-hydrogen) atoms. The quantitative estimate of drug-likeness (QED) is 0.702. The number of benzene rings is 2. The SMILES string of the molecule is COc1ccc(OC)c(NC(=O)C[C@H](Cc2ccccc2OC)C(=O)O)c1. The van der Waals surface area contributed by atoms with Crippen LogP contribution in [-0.2, 0) is 16.0 Å². The fraction of sp³-hybridized carbons (Fsp3) is 0.300. The Labute approximate surface area is 157 Å². The molecule has 7 nitrogen and oxygen atoms in total. The van der Waals surface area contributed by atoms with Crippen molar-refractivity contribution in [3.8, 4) is 17.2 Å². The van der Waals surface area contributed by atoms with Gasteiger partial charge < -0.3 is 24.6 Å². The van der Waals surface area contributed by atoms with E-state index in [0.717, 1.165) is 5.56 Å². The van der Waals surface area contributed by atoms with E-state index in [2.05, 4.69) is 5.32 Å². The number of hydrogen-bond donors (Lipinski definition) is 2. The van der Waals surface area contributed by atoms with Crippen molar-refractivity contribution < 1.29 is 28.9 Å². The van der Waals surface area contributed by atoms with Crippen molar-refractivity contribution in [1.29, 1.82) is 0 Å². The lowest BCUT2D eigenvalue weighted by Crippen LogP contribution is -2.24. The molecule has 0 saturated heterocycles. The molecule has 2 aromatic carbocycles. The molecule has 2 N–H and O–H groups in total. The maximum absolute atomic E-state index is 12.4. The van der Waals surface area contributed by atoms with E-state index in [1.165, 1.54) is 21.3 Å². The predicted molar refractivity (Wildman–Crippen MR) is 101 cm³/mol. The highest BCUT2D eigenvalue weighted by molar-refractivity contribution is 5.94. The number of aliphatic carboxylic acids is 1. The molecule has 0 saturated carbocycles. The molecule has 2 aromatic rings. The zero-order valence-electron chi connectivity index (χ0n) is 15.5. The second-order valence-electron chi connectivity index (χ2n) is 5.87. The number of para-hydroxylation sites is 1. The van der Waals surface area contributed by atoms with Gasteiger partial charge in [-0.2, -0.15) is 0 Å². The number of carbonyl (C=O) groups excluding carboxylic acids is 1. The van der Waals surface area contributed by atoms with Crippen LogP contribution >= 0.6 is 0 Å². The third-order valence-corrected chi connectivity index (χ3v) is 4.12. The monoisotopic (exact) mass is 373 g/mol. The molecule has 1 atom stereocenters. The lowest BCUT2D eigenvalue weighted by atomic mass is 9.95. The van der Waals surface area contributed by atoms with E-state index in [0.29, 0.717) is 22.9 Å². The van der Waals surface area contributed by atoms with Gasteiger partial charge in [-0.05, 0) is 30.2 Å². The average molecular weight is 373 g/mol. The number of carboxylic acid groups (broad SMARTS) is 1. The fourth-order valence-electron chi connectivity index (χ4n) is 2.72. The summed E-state index contributed by atoms with van der Waals surface area (Å²) in [5.74, 6) is -0.760. The van der Waals surface area contributed by atoms with Gasteiger partial charge in [-0.3, -0.25) is 9.59 Å². The maximum Gasteiger partial charge on any atom is 0.307 e. The van der Waals surface area contributed by atoms with Crippen molar-refractivity contribution in [3.05, 3.63) is 48.0 Å². The lowest BCUT2D eigenvalue weighted by Gasteiger charge is -2.16. The van der Waals surface area contributed by atoms with Gasteiger partial charge >= 0.3 is 5.97 Å². The molecule has 0 spiro atoms. The van der Waals surface area contributed by atoms with Crippen molar-refractivity contribution in [2.75, 3.05) is 26.6 Å². The van der Waals surface area contributed by atoms with Crippen molar-refractivity contribution in [3.63, 3.8) is 0 Å². The highest BCUT2D eigenvalue weighted by atomic mass is 16.5. The molecule has 0 aliphatic heterocycles. The molecule has 0 unspecified atom stereocenters. The molecule has 1 amide bonds. The van der Waals surface area contributed by atoms with E-state index >= 15 is 0 Å². The van der Waals surface area contributed by atoms with Gasteiger partial charge in [0.1, 0.15) is 17.2 Å². The van der Waals surface area contributed by atoms with E-state index in [-0.39, 0.29) is 12.8 Å². The van der Waals surface area contributed by atoms with Gasteiger partial charge in [0.2, 0.25) is 5.91 Å². The molecule has 144 valence electrons. The third-order valence-electron chi connectivity index (χ3n) is 4.12. The van der Waals surface area contributed by atoms with Crippen LogP contribution in [-0.4, -0.2) is 38.3 Å². The molecule has 0 aromatic heterocycles. The first kappa shape index (κ1) is 20.1. The minimum atomic E-state index is -1.05. The number of ether oxygens (including phenoxy) is 3. The van der Waals surface area contributed by atoms with E-state index in [4.69, 9.17) is 14.2 Å². The predicted octanol–water partition coefficient (Wildman–Crippen LogP) is 2.98. The second kappa shape index (κ2) is 9.47. The van der Waals surface area contributed by atoms with Crippen LogP contribution in [0.4, 0.5) is 5.69 Å². The Morgan fingerprint density at radius 1 is 1.00 bits per heavy atom. The van der Waals surface area contributed by atoms with Crippen LogP contribution < -0.4 is 19.5 Å². The first-order valence-electron chi connectivity index (χ1n) is 8.35. The number of carbonyl (C=O) groups is 2. The molecule has 2 rings (SSSR count). The lowest BCUT2D eigenvalue weighted by molar-refractivity contribution is -0.143. The molecule has 0 aliphatic carbocycles. The fourth-order valence-corrected chi connectivity index (χ4v) is 2.72. The Kier molecular flexibility index (Phi) is 7.05. The van der Waals surface area contributed by atoms with Gasteiger partial charge in [-0.15, -0.1) is 0 Å². The third kappa shape index (κ3) is 5.37. The van der Waals surface area contributed by atoms with Crippen LogP contribution in [0.5, 0.6) is 17.2 Å². The van der Waals surface area contributed by atoms with Crippen LogP contribution in [0.15, 0.2) is 42.5 Å². The van der Waals surface area contributed by atoms with Crippen LogP contribution in [0.3, 0.4) is 0 Å². The van der Waals surface area contributed by atoms with E-state index in [9.17, 15) is 14.7 Å². The van der Waals surface area contributed by atoms with Gasteiger partial charge in [0.15, 0.2) is 0 Å². The van der Waals surface area contributed by atoms with Crippen LogP contribution in [0.2, 0.25) is 0 Å². The molecule has 0 fully saturated rings. The van der Waals surface area contributed by atoms with Gasteiger partial charge in [0, 0.05) is 12.5 Å². The summed E-state index contributed by atoms with van der Waals surface area (Å²) in [6, 6.07) is 12.1. The summed E-state index contributed by atoms with van der Waals surface area (Å²) in [5, 5.41) is 12.2. The summed E-state index contributed by atoms with van der Waals surface area (Å²) < 4.78 is 15.6. The standard InChI is InChI=1S/C20H23NO6/c1-25-15-8-9-18(27-3)16(12-15)21-19(22)11-14(20(23)24)10-13-6-4-5-7-17(13)26-2/h4-9,12,14H,10-11H2,1-3H3,(H,21,22)(H,23,24)/t14-/m0/s1. The summed E-state index contributed by atoms with van der Waals surface area (Å²) >= 11 is 0. The number of rotatable bonds is 9.